The summed E-state index contributed by atoms with van der Waals surface area (Å²) in [4.78, 5) is 11.6. The summed E-state index contributed by atoms with van der Waals surface area (Å²) in [7, 11) is 0. The lowest BCUT2D eigenvalue weighted by molar-refractivity contribution is 0.240. The van der Waals surface area contributed by atoms with Crippen LogP contribution in [0, 0.1) is 0 Å². The summed E-state index contributed by atoms with van der Waals surface area (Å²) in [5, 5.41) is 10.6. The molecule has 0 spiro atoms. The molecule has 0 saturated heterocycles. The molecule has 22 heavy (non-hydrogen) atoms. The van der Waals surface area contributed by atoms with E-state index < -0.39 is 0 Å². The number of hydrogen-bond donors (Lipinski definition) is 2. The van der Waals surface area contributed by atoms with Crippen LogP contribution in [0.4, 0.5) is 4.79 Å². The molecule has 0 unspecified atom stereocenters. The molecule has 0 fully saturated rings. The van der Waals surface area contributed by atoms with Gasteiger partial charge in [-0.3, -0.25) is 0 Å². The Morgan fingerprint density at radius 2 is 2.00 bits per heavy atom. The molecule has 0 atom stereocenters. The summed E-state index contributed by atoms with van der Waals surface area (Å²) in [6, 6.07) is 7.29. The van der Waals surface area contributed by atoms with Gasteiger partial charge in [0.25, 0.3) is 0 Å². The molecule has 0 saturated carbocycles. The van der Waals surface area contributed by atoms with E-state index in [0.29, 0.717) is 18.1 Å². The number of unbranched alkanes of at least 4 members (excludes halogenated alkanes) is 2. The molecule has 2 aromatic rings. The molecule has 0 aliphatic rings. The lowest BCUT2D eigenvalue weighted by Gasteiger charge is -2.06. The fourth-order valence-corrected chi connectivity index (χ4v) is 2.13. The van der Waals surface area contributed by atoms with Gasteiger partial charge in [-0.1, -0.05) is 31.4 Å². The van der Waals surface area contributed by atoms with Gasteiger partial charge < -0.3 is 10.6 Å². The van der Waals surface area contributed by atoms with E-state index in [1.807, 2.05) is 30.5 Å². The second-order valence-electron chi connectivity index (χ2n) is 5.09. The van der Waals surface area contributed by atoms with Crippen molar-refractivity contribution in [2.45, 2.75) is 32.7 Å². The maximum absolute atomic E-state index is 11.6. The molecule has 6 heteroatoms. The highest BCUT2D eigenvalue weighted by molar-refractivity contribution is 6.30. The summed E-state index contributed by atoms with van der Waals surface area (Å²) in [5.41, 5.74) is 1.87. The summed E-state index contributed by atoms with van der Waals surface area (Å²) in [6.45, 7) is 3.30. The number of nitrogens with zero attached hydrogens (tertiary/aromatic N) is 2. The fourth-order valence-electron chi connectivity index (χ4n) is 2.01. The highest BCUT2D eigenvalue weighted by Gasteiger charge is 2.03. The number of carbonyl (C=O) groups is 1. The smallest absolute Gasteiger partial charge is 0.315 e. The zero-order valence-corrected chi connectivity index (χ0v) is 13.4. The van der Waals surface area contributed by atoms with Crippen molar-refractivity contribution in [1.82, 2.24) is 20.4 Å². The third kappa shape index (κ3) is 5.07. The van der Waals surface area contributed by atoms with Crippen molar-refractivity contribution in [3.8, 4) is 5.69 Å². The van der Waals surface area contributed by atoms with Crippen molar-refractivity contribution in [3.05, 3.63) is 47.2 Å². The van der Waals surface area contributed by atoms with Crippen LogP contribution in [-0.2, 0) is 6.54 Å². The van der Waals surface area contributed by atoms with Crippen molar-refractivity contribution < 1.29 is 4.79 Å². The molecule has 5 nitrogen and oxygen atoms in total. The van der Waals surface area contributed by atoms with Crippen LogP contribution in [0.5, 0.6) is 0 Å². The molecule has 1 aromatic carbocycles. The van der Waals surface area contributed by atoms with Gasteiger partial charge in [-0.2, -0.15) is 5.10 Å². The summed E-state index contributed by atoms with van der Waals surface area (Å²) < 4.78 is 1.76. The van der Waals surface area contributed by atoms with Gasteiger partial charge in [0.1, 0.15) is 0 Å². The van der Waals surface area contributed by atoms with Crippen molar-refractivity contribution in [2.75, 3.05) is 6.54 Å². The average molecular weight is 321 g/mol. The van der Waals surface area contributed by atoms with Crippen molar-refractivity contribution in [1.29, 1.82) is 0 Å². The minimum atomic E-state index is -0.143. The number of nitrogens with one attached hydrogen (secondary N) is 2. The van der Waals surface area contributed by atoms with Gasteiger partial charge in [-0.25, -0.2) is 9.48 Å². The van der Waals surface area contributed by atoms with Crippen LogP contribution in [-0.4, -0.2) is 22.4 Å². The first-order valence-electron chi connectivity index (χ1n) is 7.50. The number of amides is 2. The van der Waals surface area contributed by atoms with Crippen molar-refractivity contribution in [3.63, 3.8) is 0 Å². The Morgan fingerprint density at radius 3 is 2.73 bits per heavy atom. The van der Waals surface area contributed by atoms with Crippen LogP contribution in [0.25, 0.3) is 5.69 Å². The zero-order chi connectivity index (χ0) is 15.8. The topological polar surface area (TPSA) is 59.0 Å². The molecule has 2 N–H and O–H groups in total. The molecule has 0 aliphatic heterocycles. The predicted molar refractivity (Wildman–Crippen MR) is 88.3 cm³/mol. The van der Waals surface area contributed by atoms with Gasteiger partial charge in [0.15, 0.2) is 0 Å². The van der Waals surface area contributed by atoms with E-state index in [-0.39, 0.29) is 6.03 Å². The molecule has 1 heterocycles. The standard InChI is InChI=1S/C16H21ClN4O/c1-2-3-4-9-18-16(22)19-10-13-11-20-21(12-13)15-7-5-14(17)6-8-15/h5-8,11-12H,2-4,9-10H2,1H3,(H2,18,19,22). The van der Waals surface area contributed by atoms with Crippen molar-refractivity contribution >= 4 is 17.6 Å². The number of carbonyl (C=O) groups excluding carboxylic acids is 1. The monoisotopic (exact) mass is 320 g/mol. The molecule has 2 amide bonds. The van der Waals surface area contributed by atoms with Crippen LogP contribution >= 0.6 is 11.6 Å². The van der Waals surface area contributed by atoms with Crippen LogP contribution in [0.1, 0.15) is 31.7 Å². The van der Waals surface area contributed by atoms with Gasteiger partial charge in [0.05, 0.1) is 11.9 Å². The molecule has 0 aliphatic carbocycles. The molecule has 118 valence electrons. The Labute approximate surface area is 135 Å². The second kappa shape index (κ2) is 8.44. The van der Waals surface area contributed by atoms with Crippen LogP contribution in [0.2, 0.25) is 5.02 Å². The lowest BCUT2D eigenvalue weighted by atomic mass is 10.2. The Morgan fingerprint density at radius 1 is 1.23 bits per heavy atom. The number of rotatable bonds is 7. The van der Waals surface area contributed by atoms with Crippen LogP contribution < -0.4 is 10.6 Å². The highest BCUT2D eigenvalue weighted by atomic mass is 35.5. The Kier molecular flexibility index (Phi) is 6.27. The summed E-state index contributed by atoms with van der Waals surface area (Å²) in [5.74, 6) is 0. The molecule has 0 bridgehead atoms. The van der Waals surface area contributed by atoms with Crippen LogP contribution in [0.3, 0.4) is 0 Å². The Balaban J connectivity index is 1.79. The maximum Gasteiger partial charge on any atom is 0.315 e. The lowest BCUT2D eigenvalue weighted by Crippen LogP contribution is -2.35. The minimum Gasteiger partial charge on any atom is -0.338 e. The molecule has 1 aromatic heterocycles. The second-order valence-corrected chi connectivity index (χ2v) is 5.52. The molecule has 2 rings (SSSR count). The van der Waals surface area contributed by atoms with E-state index in [2.05, 4.69) is 22.7 Å². The number of halogens is 1. The third-order valence-corrected chi connectivity index (χ3v) is 3.50. The third-order valence-electron chi connectivity index (χ3n) is 3.25. The quantitative estimate of drug-likeness (QED) is 0.767. The number of benzene rings is 1. The van der Waals surface area contributed by atoms with Gasteiger partial charge in [-0.15, -0.1) is 0 Å². The fraction of sp³-hybridized carbons (Fsp3) is 0.375. The number of urea groups is 1. The maximum atomic E-state index is 11.6. The highest BCUT2D eigenvalue weighted by Crippen LogP contribution is 2.13. The SMILES string of the molecule is CCCCCNC(=O)NCc1cnn(-c2ccc(Cl)cc2)c1. The number of hydrogen-bond acceptors (Lipinski definition) is 2. The zero-order valence-electron chi connectivity index (χ0n) is 12.7. The summed E-state index contributed by atoms with van der Waals surface area (Å²) >= 11 is 5.87. The first-order chi connectivity index (χ1) is 10.7. The van der Waals surface area contributed by atoms with Crippen LogP contribution in [0.15, 0.2) is 36.7 Å². The Bertz CT molecular complexity index is 594. The van der Waals surface area contributed by atoms with E-state index in [9.17, 15) is 4.79 Å². The van der Waals surface area contributed by atoms with E-state index in [4.69, 9.17) is 11.6 Å². The average Bonchev–Trinajstić information content (AvgIpc) is 2.99. The van der Waals surface area contributed by atoms with E-state index in [1.165, 1.54) is 0 Å². The summed E-state index contributed by atoms with van der Waals surface area (Å²) in [6.07, 6.45) is 6.92. The largest absolute Gasteiger partial charge is 0.338 e. The normalized spacial score (nSPS) is 10.5. The molecular formula is C16H21ClN4O. The van der Waals surface area contributed by atoms with Crippen molar-refractivity contribution in [2.24, 2.45) is 0 Å². The van der Waals surface area contributed by atoms with Gasteiger partial charge in [0, 0.05) is 29.9 Å². The Hall–Kier alpha value is -2.01. The predicted octanol–water partition coefficient (Wildman–Crippen LogP) is 3.52. The van der Waals surface area contributed by atoms with E-state index >= 15 is 0 Å². The van der Waals surface area contributed by atoms with Gasteiger partial charge in [-0.05, 0) is 30.7 Å². The minimum absolute atomic E-state index is 0.143. The van der Waals surface area contributed by atoms with E-state index in [1.54, 1.807) is 10.9 Å². The first kappa shape index (κ1) is 16.4. The first-order valence-corrected chi connectivity index (χ1v) is 7.88. The van der Waals surface area contributed by atoms with Gasteiger partial charge >= 0.3 is 6.03 Å². The number of aromatic nitrogens is 2. The van der Waals surface area contributed by atoms with E-state index in [0.717, 1.165) is 30.5 Å². The van der Waals surface area contributed by atoms with Gasteiger partial charge in [0.2, 0.25) is 0 Å². The molecular weight excluding hydrogens is 300 g/mol. The molecule has 0 radical (unpaired) electrons.